The summed E-state index contributed by atoms with van der Waals surface area (Å²) in [5.41, 5.74) is -3.83. The number of pyridine rings is 1. The summed E-state index contributed by atoms with van der Waals surface area (Å²) in [6, 6.07) is 4.11. The number of alkyl halides is 3. The van der Waals surface area contributed by atoms with Gasteiger partial charge in [-0.15, -0.1) is 0 Å². The Labute approximate surface area is 353 Å². The lowest BCUT2D eigenvalue weighted by molar-refractivity contribution is -0.222. The van der Waals surface area contributed by atoms with Crippen LogP contribution in [0.3, 0.4) is 0 Å². The van der Waals surface area contributed by atoms with Crippen molar-refractivity contribution in [3.8, 4) is 5.88 Å². The summed E-state index contributed by atoms with van der Waals surface area (Å²) in [6.45, 7) is 8.40. The van der Waals surface area contributed by atoms with Crippen molar-refractivity contribution in [3.63, 3.8) is 0 Å². The Hall–Kier alpha value is -4.65. The summed E-state index contributed by atoms with van der Waals surface area (Å²) in [5.74, 6) is -4.39. The maximum atomic E-state index is 15.1. The molecule has 15 nitrogen and oxygen atoms in total. The Bertz CT molecular complexity index is 2190. The summed E-state index contributed by atoms with van der Waals surface area (Å²) in [7, 11) is -4.12. The second-order valence-electron chi connectivity index (χ2n) is 18.2. The van der Waals surface area contributed by atoms with Gasteiger partial charge in [0.1, 0.15) is 29.3 Å². The van der Waals surface area contributed by atoms with Crippen molar-refractivity contribution >= 4 is 50.3 Å². The number of halogens is 3. The van der Waals surface area contributed by atoms with Crippen LogP contribution in [0.2, 0.25) is 0 Å². The predicted octanol–water partition coefficient (Wildman–Crippen LogP) is 4.99. The number of allylic oxidation sites excluding steroid dienone is 1. The van der Waals surface area contributed by atoms with Crippen LogP contribution < -0.4 is 19.7 Å². The highest BCUT2D eigenvalue weighted by Gasteiger charge is 2.64. The molecule has 4 heterocycles. The molecule has 2 saturated carbocycles. The third-order valence-corrected chi connectivity index (χ3v) is 15.5. The molecule has 4 amide bonds. The lowest BCUT2D eigenvalue weighted by Crippen LogP contribution is -2.66. The fourth-order valence-electron chi connectivity index (χ4n) is 9.08. The summed E-state index contributed by atoms with van der Waals surface area (Å²) in [5, 5.41) is 14.7. The van der Waals surface area contributed by atoms with Crippen molar-refractivity contribution in [3.05, 3.63) is 42.6 Å². The van der Waals surface area contributed by atoms with Crippen LogP contribution in [0.5, 0.6) is 5.88 Å². The number of ether oxygens (including phenoxy) is 2. The molecule has 2 aromatic rings. The van der Waals surface area contributed by atoms with E-state index in [0.717, 1.165) is 16.0 Å². The third-order valence-electron chi connectivity index (χ3n) is 13.4. The molecule has 3 aliphatic heterocycles. The van der Waals surface area contributed by atoms with E-state index in [-0.39, 0.29) is 42.5 Å². The molecule has 61 heavy (non-hydrogen) atoms. The lowest BCUT2D eigenvalue weighted by atomic mass is 9.85. The van der Waals surface area contributed by atoms with Crippen LogP contribution in [0, 0.1) is 17.8 Å². The number of carbonyl (C=O) groups excluding carboxylic acids is 3. The van der Waals surface area contributed by atoms with Crippen molar-refractivity contribution in [1.82, 2.24) is 24.8 Å². The molecule has 5 aliphatic rings. The summed E-state index contributed by atoms with van der Waals surface area (Å²) >= 11 is 0. The van der Waals surface area contributed by atoms with E-state index in [4.69, 9.17) is 9.47 Å². The summed E-state index contributed by atoms with van der Waals surface area (Å²) < 4.78 is 83.9. The first-order valence-corrected chi connectivity index (χ1v) is 22.4. The third kappa shape index (κ3) is 8.47. The number of carboxylic acid groups (broad SMARTS) is 1. The highest BCUT2D eigenvalue weighted by Crippen LogP contribution is 2.48. The number of sulfonamides is 1. The summed E-state index contributed by atoms with van der Waals surface area (Å²) in [6.07, 6.45) is -1.19. The molecule has 7 rings (SSSR count). The minimum atomic E-state index is -5.09. The van der Waals surface area contributed by atoms with Crippen LogP contribution in [-0.2, 0) is 29.1 Å². The van der Waals surface area contributed by atoms with Crippen molar-refractivity contribution in [2.45, 2.75) is 120 Å². The van der Waals surface area contributed by atoms with Crippen LogP contribution in [0.4, 0.5) is 23.7 Å². The number of hydrogen-bond donors (Lipinski definition) is 3. The number of benzene rings is 1. The number of aromatic nitrogens is 1. The molecule has 7 atom stereocenters. The van der Waals surface area contributed by atoms with Gasteiger partial charge in [-0.1, -0.05) is 32.1 Å². The van der Waals surface area contributed by atoms with Crippen molar-refractivity contribution < 1.29 is 55.3 Å². The van der Waals surface area contributed by atoms with E-state index in [1.54, 1.807) is 12.3 Å². The van der Waals surface area contributed by atoms with Gasteiger partial charge in [0.15, 0.2) is 0 Å². The van der Waals surface area contributed by atoms with Gasteiger partial charge in [0.2, 0.25) is 27.7 Å². The average molecular weight is 877 g/mol. The highest BCUT2D eigenvalue weighted by molar-refractivity contribution is 7.91. The molecular formula is C42H55F3N6O9S. The zero-order valence-corrected chi connectivity index (χ0v) is 35.9. The molecule has 2 saturated heterocycles. The van der Waals surface area contributed by atoms with Gasteiger partial charge in [-0.3, -0.25) is 24.0 Å². The standard InChI is InChI=1S/C42H55F3N6O9S/c1-25-9-6-7-10-27-23-41(27,37(54)48-61(57,58)40(5)14-15-40)47-34(52)32-22-28(60-35-30-11-8-12-31(29(30)13-16-46-35)49-17-19-59-20-18-49)24-50(32)36(53)33(26(2)21-25)51(38(55)56)39(3,4)42(43,44)45/h7-8,10-13,16,25-28,32-33H,6,9,14-15,17-24H2,1-5H3,(H,47,52)(H,48,54)(H,55,56)/t25-,26-,27-,28-,32+,33+,41-/m1/s1. The van der Waals surface area contributed by atoms with Gasteiger partial charge in [0.25, 0.3) is 5.91 Å². The summed E-state index contributed by atoms with van der Waals surface area (Å²) in [4.78, 5) is 64.6. The van der Waals surface area contributed by atoms with Crippen LogP contribution in [0.15, 0.2) is 42.6 Å². The van der Waals surface area contributed by atoms with Gasteiger partial charge in [0, 0.05) is 48.1 Å². The van der Waals surface area contributed by atoms with Crippen molar-refractivity contribution in [2.24, 2.45) is 17.8 Å². The van der Waals surface area contributed by atoms with E-state index in [2.05, 4.69) is 19.9 Å². The van der Waals surface area contributed by atoms with Crippen LogP contribution >= 0.6 is 0 Å². The number of carbonyl (C=O) groups is 4. The Morgan fingerprint density at radius 1 is 1.08 bits per heavy atom. The van der Waals surface area contributed by atoms with E-state index >= 15 is 4.79 Å². The van der Waals surface area contributed by atoms with E-state index in [0.29, 0.717) is 71.2 Å². The minimum absolute atomic E-state index is 0.0566. The normalized spacial score (nSPS) is 29.7. The number of anilines is 1. The monoisotopic (exact) mass is 876 g/mol. The van der Waals surface area contributed by atoms with Crippen molar-refractivity contribution in [2.75, 3.05) is 37.7 Å². The maximum absolute atomic E-state index is 15.1. The first-order valence-electron chi connectivity index (χ1n) is 20.9. The van der Waals surface area contributed by atoms with Crippen LogP contribution in [0.1, 0.15) is 79.6 Å². The number of hydrogen-bond acceptors (Lipinski definition) is 10. The molecule has 4 fully saturated rings. The van der Waals surface area contributed by atoms with Crippen LogP contribution in [-0.4, -0.2) is 125 Å². The maximum Gasteiger partial charge on any atom is 0.411 e. The lowest BCUT2D eigenvalue weighted by Gasteiger charge is -2.45. The SMILES string of the molecule is C[C@@H]1CCC=C[C@@H]2C[C@@]2(C(=O)NS(=O)(=O)C2(C)CC2)NC(=O)[C@@H]2C[C@@H](Oc3nccc4c(N5CCOCC5)cccc34)CN2C(=O)[C@@H](N(C(=O)O)C(C)(C)C(F)(F)F)[C@H](C)C1. The smallest absolute Gasteiger partial charge is 0.411 e. The molecule has 0 bridgehead atoms. The second kappa shape index (κ2) is 16.2. The number of fused-ring (bicyclic) bond motifs is 3. The average Bonchev–Trinajstić information content (AvgIpc) is 4.07. The molecule has 3 N–H and O–H groups in total. The molecule has 19 heteroatoms. The molecule has 0 unspecified atom stereocenters. The van der Waals surface area contributed by atoms with Crippen molar-refractivity contribution in [1.29, 1.82) is 0 Å². The number of rotatable bonds is 8. The minimum Gasteiger partial charge on any atom is -0.472 e. The Kier molecular flexibility index (Phi) is 11.8. The molecule has 2 aliphatic carbocycles. The Morgan fingerprint density at radius 2 is 1.79 bits per heavy atom. The van der Waals surface area contributed by atoms with E-state index in [1.807, 2.05) is 37.3 Å². The molecule has 1 aromatic heterocycles. The van der Waals surface area contributed by atoms with Gasteiger partial charge in [-0.25, -0.2) is 18.2 Å². The molecule has 1 aromatic carbocycles. The Morgan fingerprint density at radius 3 is 2.44 bits per heavy atom. The largest absolute Gasteiger partial charge is 0.472 e. The molecule has 0 spiro atoms. The number of morpholine rings is 1. The first-order chi connectivity index (χ1) is 28.6. The van der Waals surface area contributed by atoms with Gasteiger partial charge in [-0.05, 0) is 89.3 Å². The van der Waals surface area contributed by atoms with E-state index in [9.17, 15) is 41.1 Å². The zero-order chi connectivity index (χ0) is 44.3. The Balaban J connectivity index is 1.28. The number of nitrogens with zero attached hydrogens (tertiary/aromatic N) is 4. The van der Waals surface area contributed by atoms with Gasteiger partial charge >= 0.3 is 12.3 Å². The second-order valence-corrected chi connectivity index (χ2v) is 20.4. The van der Waals surface area contributed by atoms with Gasteiger partial charge in [-0.2, -0.15) is 13.2 Å². The fourth-order valence-corrected chi connectivity index (χ4v) is 10.4. The van der Waals surface area contributed by atoms with E-state index in [1.165, 1.54) is 13.8 Å². The topological polar surface area (TPSA) is 188 Å². The first kappa shape index (κ1) is 44.4. The zero-order valence-electron chi connectivity index (χ0n) is 35.0. The molecular weight excluding hydrogens is 822 g/mol. The van der Waals surface area contributed by atoms with Crippen LogP contribution in [0.25, 0.3) is 10.8 Å². The highest BCUT2D eigenvalue weighted by atomic mass is 32.2. The van der Waals surface area contributed by atoms with Gasteiger partial charge in [0.05, 0.1) is 24.5 Å². The number of nitrogens with one attached hydrogen (secondary N) is 2. The number of amides is 4. The van der Waals surface area contributed by atoms with Gasteiger partial charge < -0.3 is 29.7 Å². The molecule has 0 radical (unpaired) electrons. The predicted molar refractivity (Wildman–Crippen MR) is 218 cm³/mol. The fraction of sp³-hybridized carbons (Fsp3) is 0.643. The quantitative estimate of drug-likeness (QED) is 0.303. The molecule has 334 valence electrons. The van der Waals surface area contributed by atoms with E-state index < -0.39 is 85.9 Å².